The molecule has 4 nitrogen and oxygen atoms in total. The summed E-state index contributed by atoms with van der Waals surface area (Å²) in [4.78, 5) is 27.4. The van der Waals surface area contributed by atoms with Gasteiger partial charge >= 0.3 is 0 Å². The molecule has 0 aromatic heterocycles. The van der Waals surface area contributed by atoms with Gasteiger partial charge in [0.25, 0.3) is 0 Å². The maximum Gasteiger partial charge on any atom is 0.242 e. The van der Waals surface area contributed by atoms with Gasteiger partial charge in [-0.3, -0.25) is 9.59 Å². The molecule has 0 aliphatic carbocycles. The van der Waals surface area contributed by atoms with Crippen LogP contribution in [-0.4, -0.2) is 34.6 Å². The zero-order valence-corrected chi connectivity index (χ0v) is 20.8. The molecule has 162 valence electrons. The second kappa shape index (κ2) is 11.6. The van der Waals surface area contributed by atoms with Gasteiger partial charge in [0.1, 0.15) is 6.04 Å². The molecule has 0 unspecified atom stereocenters. The van der Waals surface area contributed by atoms with Gasteiger partial charge in [0.05, 0.1) is 5.75 Å². The zero-order valence-electron chi connectivity index (χ0n) is 18.4. The number of aryl methyl sites for hydroxylation is 2. The summed E-state index contributed by atoms with van der Waals surface area (Å²) in [5.41, 5.74) is 4.67. The molecule has 0 saturated carbocycles. The van der Waals surface area contributed by atoms with Crippen LogP contribution in [0.2, 0.25) is 0 Å². The topological polar surface area (TPSA) is 49.4 Å². The molecule has 0 heterocycles. The van der Waals surface area contributed by atoms with Gasteiger partial charge in [0, 0.05) is 22.8 Å². The van der Waals surface area contributed by atoms with Crippen LogP contribution in [0, 0.1) is 13.8 Å². The average molecular weight is 491 g/mol. The number of benzene rings is 2. The van der Waals surface area contributed by atoms with Crippen molar-refractivity contribution in [3.05, 3.63) is 69.2 Å². The SMILES string of the molecule is Cc1cc(C)cc(CSCC(=O)N(Cc2ccc(Br)cc2)[C@H](C)C(=O)NC(C)C)c1. The predicted molar refractivity (Wildman–Crippen MR) is 130 cm³/mol. The zero-order chi connectivity index (χ0) is 22.3. The van der Waals surface area contributed by atoms with E-state index in [4.69, 9.17) is 0 Å². The Bertz CT molecular complexity index is 848. The monoisotopic (exact) mass is 490 g/mol. The molecule has 6 heteroatoms. The summed E-state index contributed by atoms with van der Waals surface area (Å²) in [5, 5.41) is 2.92. The molecule has 0 aliphatic heterocycles. The molecule has 1 N–H and O–H groups in total. The third-order valence-electron chi connectivity index (χ3n) is 4.64. The summed E-state index contributed by atoms with van der Waals surface area (Å²) in [6, 6.07) is 13.8. The van der Waals surface area contributed by atoms with Crippen molar-refractivity contribution in [2.45, 2.75) is 59.0 Å². The van der Waals surface area contributed by atoms with Crippen molar-refractivity contribution in [2.75, 3.05) is 5.75 Å². The number of thioether (sulfide) groups is 1. The third kappa shape index (κ3) is 7.80. The molecule has 30 heavy (non-hydrogen) atoms. The van der Waals surface area contributed by atoms with Gasteiger partial charge in [-0.1, -0.05) is 57.4 Å². The van der Waals surface area contributed by atoms with Crippen molar-refractivity contribution in [2.24, 2.45) is 0 Å². The van der Waals surface area contributed by atoms with E-state index in [0.29, 0.717) is 12.3 Å². The summed E-state index contributed by atoms with van der Waals surface area (Å²) in [5.74, 6) is 0.948. The lowest BCUT2D eigenvalue weighted by atomic mass is 10.1. The number of amides is 2. The minimum atomic E-state index is -0.537. The van der Waals surface area contributed by atoms with Crippen LogP contribution in [0.4, 0.5) is 0 Å². The lowest BCUT2D eigenvalue weighted by Crippen LogP contribution is -2.49. The molecule has 0 spiro atoms. The first kappa shape index (κ1) is 24.5. The van der Waals surface area contributed by atoms with Crippen LogP contribution in [0.3, 0.4) is 0 Å². The number of hydrogen-bond acceptors (Lipinski definition) is 3. The van der Waals surface area contributed by atoms with Gasteiger partial charge < -0.3 is 10.2 Å². The third-order valence-corrected chi connectivity index (χ3v) is 6.16. The largest absolute Gasteiger partial charge is 0.352 e. The van der Waals surface area contributed by atoms with E-state index < -0.39 is 6.04 Å². The van der Waals surface area contributed by atoms with Crippen molar-refractivity contribution in [1.82, 2.24) is 10.2 Å². The Balaban J connectivity index is 2.08. The van der Waals surface area contributed by atoms with Gasteiger partial charge in [-0.25, -0.2) is 0 Å². The second-order valence-corrected chi connectivity index (χ2v) is 9.88. The summed E-state index contributed by atoms with van der Waals surface area (Å²) >= 11 is 5.02. The van der Waals surface area contributed by atoms with E-state index in [-0.39, 0.29) is 17.9 Å². The molecule has 0 radical (unpaired) electrons. The van der Waals surface area contributed by atoms with Crippen LogP contribution in [0.25, 0.3) is 0 Å². The smallest absolute Gasteiger partial charge is 0.242 e. The Kier molecular flexibility index (Phi) is 9.43. The average Bonchev–Trinajstić information content (AvgIpc) is 2.65. The van der Waals surface area contributed by atoms with Gasteiger partial charge in [0.2, 0.25) is 11.8 Å². The standard InChI is InChI=1S/C24H31BrN2O2S/c1-16(2)26-24(29)19(5)27(13-20-6-8-22(25)9-7-20)23(28)15-30-14-21-11-17(3)10-18(4)12-21/h6-12,16,19H,13-15H2,1-5H3,(H,26,29)/t19-/m1/s1. The Hall–Kier alpha value is -1.79. The molecule has 0 bridgehead atoms. The molecule has 2 amide bonds. The van der Waals surface area contributed by atoms with Crippen LogP contribution < -0.4 is 5.32 Å². The highest BCUT2D eigenvalue weighted by Crippen LogP contribution is 2.19. The number of nitrogens with one attached hydrogen (secondary N) is 1. The first-order chi connectivity index (χ1) is 14.2. The van der Waals surface area contributed by atoms with E-state index in [9.17, 15) is 9.59 Å². The summed E-state index contributed by atoms with van der Waals surface area (Å²) in [6.07, 6.45) is 0. The Morgan fingerprint density at radius 3 is 2.17 bits per heavy atom. The molecule has 0 aliphatic rings. The molecular weight excluding hydrogens is 460 g/mol. The minimum Gasteiger partial charge on any atom is -0.352 e. The quantitative estimate of drug-likeness (QED) is 0.522. The predicted octanol–water partition coefficient (Wildman–Crippen LogP) is 5.24. The molecule has 2 aromatic rings. The minimum absolute atomic E-state index is 0.0290. The maximum absolute atomic E-state index is 13.1. The molecule has 0 fully saturated rings. The Morgan fingerprint density at radius 2 is 1.60 bits per heavy atom. The normalized spacial score (nSPS) is 12.0. The number of carbonyl (C=O) groups excluding carboxylic acids is 2. The van der Waals surface area contributed by atoms with E-state index in [2.05, 4.69) is 53.3 Å². The first-order valence-corrected chi connectivity index (χ1v) is 12.1. The molecule has 2 aromatic carbocycles. The van der Waals surface area contributed by atoms with Crippen molar-refractivity contribution >= 4 is 39.5 Å². The fourth-order valence-corrected chi connectivity index (χ4v) is 4.37. The number of rotatable bonds is 9. The van der Waals surface area contributed by atoms with Crippen LogP contribution in [0.15, 0.2) is 46.9 Å². The summed E-state index contributed by atoms with van der Waals surface area (Å²) in [7, 11) is 0. The van der Waals surface area contributed by atoms with E-state index in [1.54, 1.807) is 23.6 Å². The van der Waals surface area contributed by atoms with Gasteiger partial charge in [-0.15, -0.1) is 11.8 Å². The lowest BCUT2D eigenvalue weighted by Gasteiger charge is -2.29. The molecule has 2 rings (SSSR count). The van der Waals surface area contributed by atoms with Crippen molar-refractivity contribution in [3.8, 4) is 0 Å². The molecular formula is C24H31BrN2O2S. The highest BCUT2D eigenvalue weighted by atomic mass is 79.9. The Labute approximate surface area is 192 Å². The van der Waals surface area contributed by atoms with Gasteiger partial charge in [-0.05, 0) is 57.9 Å². The van der Waals surface area contributed by atoms with Gasteiger partial charge in [-0.2, -0.15) is 0 Å². The summed E-state index contributed by atoms with van der Waals surface area (Å²) < 4.78 is 0.985. The van der Waals surface area contributed by atoms with E-state index in [0.717, 1.165) is 15.8 Å². The summed E-state index contributed by atoms with van der Waals surface area (Å²) in [6.45, 7) is 10.2. The van der Waals surface area contributed by atoms with Crippen molar-refractivity contribution in [1.29, 1.82) is 0 Å². The highest BCUT2D eigenvalue weighted by Gasteiger charge is 2.26. The van der Waals surface area contributed by atoms with E-state index >= 15 is 0 Å². The van der Waals surface area contributed by atoms with Crippen molar-refractivity contribution in [3.63, 3.8) is 0 Å². The van der Waals surface area contributed by atoms with E-state index in [1.807, 2.05) is 38.1 Å². The van der Waals surface area contributed by atoms with Gasteiger partial charge in [0.15, 0.2) is 0 Å². The number of hydrogen-bond donors (Lipinski definition) is 1. The first-order valence-electron chi connectivity index (χ1n) is 10.1. The highest BCUT2D eigenvalue weighted by molar-refractivity contribution is 9.10. The van der Waals surface area contributed by atoms with Crippen LogP contribution in [0.5, 0.6) is 0 Å². The molecule has 0 saturated heterocycles. The van der Waals surface area contributed by atoms with Crippen LogP contribution >= 0.6 is 27.7 Å². The number of carbonyl (C=O) groups is 2. The van der Waals surface area contributed by atoms with Crippen LogP contribution in [-0.2, 0) is 21.9 Å². The maximum atomic E-state index is 13.1. The van der Waals surface area contributed by atoms with Crippen molar-refractivity contribution < 1.29 is 9.59 Å². The number of nitrogens with zero attached hydrogens (tertiary/aromatic N) is 1. The lowest BCUT2D eigenvalue weighted by molar-refractivity contribution is -0.138. The number of halogens is 1. The molecule has 1 atom stereocenters. The van der Waals surface area contributed by atoms with E-state index in [1.165, 1.54) is 16.7 Å². The fourth-order valence-electron chi connectivity index (χ4n) is 3.27. The fraction of sp³-hybridized carbons (Fsp3) is 0.417. The van der Waals surface area contributed by atoms with Crippen LogP contribution in [0.1, 0.15) is 43.0 Å². The second-order valence-electron chi connectivity index (χ2n) is 7.98. The Morgan fingerprint density at radius 1 is 1.00 bits per heavy atom.